The Bertz CT molecular complexity index is 637. The summed E-state index contributed by atoms with van der Waals surface area (Å²) in [5.74, 6) is 0.629. The maximum absolute atomic E-state index is 13.1. The van der Waals surface area contributed by atoms with Gasteiger partial charge in [0.15, 0.2) is 5.96 Å². The topological polar surface area (TPSA) is 69.2 Å². The zero-order valence-corrected chi connectivity index (χ0v) is 20.4. The maximum atomic E-state index is 13.1. The summed E-state index contributed by atoms with van der Waals surface area (Å²) in [5, 5.41) is 6.45. The number of halogens is 2. The maximum Gasteiger partial charge on any atom is 0.224 e. The van der Waals surface area contributed by atoms with Gasteiger partial charge in [-0.15, -0.1) is 24.0 Å². The average Bonchev–Trinajstić information content (AvgIpc) is 2.75. The number of guanidine groups is 1. The van der Waals surface area contributed by atoms with Gasteiger partial charge >= 0.3 is 0 Å². The number of hydrogen-bond acceptors (Lipinski definition) is 4. The zero-order valence-electron chi connectivity index (χ0n) is 18.0. The second-order valence-corrected chi connectivity index (χ2v) is 6.92. The van der Waals surface area contributed by atoms with Gasteiger partial charge in [0.05, 0.1) is 0 Å². The molecule has 1 heterocycles. The lowest BCUT2D eigenvalue weighted by molar-refractivity contribution is -0.131. The van der Waals surface area contributed by atoms with E-state index in [-0.39, 0.29) is 35.7 Å². The Morgan fingerprint density at radius 3 is 2.40 bits per heavy atom. The fourth-order valence-electron chi connectivity index (χ4n) is 3.21. The van der Waals surface area contributed by atoms with E-state index in [1.165, 1.54) is 12.1 Å². The molecule has 1 aromatic carbocycles. The molecule has 30 heavy (non-hydrogen) atoms. The molecule has 1 amide bonds. The molecule has 2 rings (SSSR count). The number of amides is 1. The van der Waals surface area contributed by atoms with Gasteiger partial charge in [0, 0.05) is 71.6 Å². The SMILES string of the molecule is CCOCCCCNC(=NC)NCCC(=O)N1CCN(c2ccc(F)cc2)CC1.I. The summed E-state index contributed by atoms with van der Waals surface area (Å²) in [4.78, 5) is 20.7. The number of unbranched alkanes of at least 4 members (excludes halogenated alkanes) is 1. The van der Waals surface area contributed by atoms with Crippen molar-refractivity contribution in [1.82, 2.24) is 15.5 Å². The minimum absolute atomic E-state index is 0. The average molecular weight is 535 g/mol. The summed E-state index contributed by atoms with van der Waals surface area (Å²) >= 11 is 0. The van der Waals surface area contributed by atoms with Gasteiger partial charge in [0.25, 0.3) is 0 Å². The Hall–Kier alpha value is -1.62. The largest absolute Gasteiger partial charge is 0.382 e. The van der Waals surface area contributed by atoms with Gasteiger partial charge in [0.1, 0.15) is 5.82 Å². The number of benzene rings is 1. The second kappa shape index (κ2) is 15.2. The lowest BCUT2D eigenvalue weighted by Crippen LogP contribution is -2.49. The molecule has 0 saturated carbocycles. The Kier molecular flexibility index (Phi) is 13.4. The van der Waals surface area contributed by atoms with Crippen LogP contribution in [0, 0.1) is 5.82 Å². The first-order valence-electron chi connectivity index (χ1n) is 10.4. The molecule has 1 fully saturated rings. The number of carbonyl (C=O) groups excluding carboxylic acids is 1. The van der Waals surface area contributed by atoms with E-state index in [4.69, 9.17) is 4.74 Å². The van der Waals surface area contributed by atoms with E-state index in [0.29, 0.717) is 26.1 Å². The van der Waals surface area contributed by atoms with Crippen molar-refractivity contribution < 1.29 is 13.9 Å². The summed E-state index contributed by atoms with van der Waals surface area (Å²) in [5.41, 5.74) is 0.997. The number of ether oxygens (including phenoxy) is 1. The van der Waals surface area contributed by atoms with Crippen molar-refractivity contribution in [1.29, 1.82) is 0 Å². The van der Waals surface area contributed by atoms with Gasteiger partial charge in [-0.25, -0.2) is 4.39 Å². The van der Waals surface area contributed by atoms with E-state index in [0.717, 1.165) is 57.3 Å². The summed E-state index contributed by atoms with van der Waals surface area (Å²) in [6.07, 6.45) is 2.46. The van der Waals surface area contributed by atoms with Gasteiger partial charge in [0.2, 0.25) is 5.91 Å². The second-order valence-electron chi connectivity index (χ2n) is 6.92. The number of nitrogens with one attached hydrogen (secondary N) is 2. The quantitative estimate of drug-likeness (QED) is 0.209. The van der Waals surface area contributed by atoms with Gasteiger partial charge in [-0.2, -0.15) is 0 Å². The first kappa shape index (κ1) is 26.4. The Morgan fingerprint density at radius 2 is 1.77 bits per heavy atom. The minimum atomic E-state index is -0.231. The highest BCUT2D eigenvalue weighted by Crippen LogP contribution is 2.17. The van der Waals surface area contributed by atoms with Gasteiger partial charge in [-0.05, 0) is 44.0 Å². The van der Waals surface area contributed by atoms with Gasteiger partial charge in [-0.3, -0.25) is 9.79 Å². The monoisotopic (exact) mass is 535 g/mol. The van der Waals surface area contributed by atoms with E-state index in [2.05, 4.69) is 20.5 Å². The molecule has 0 atom stereocenters. The molecule has 0 radical (unpaired) electrons. The molecule has 1 aliphatic heterocycles. The number of rotatable bonds is 10. The van der Waals surface area contributed by atoms with Crippen molar-refractivity contribution in [3.05, 3.63) is 30.1 Å². The number of nitrogens with zero attached hydrogens (tertiary/aromatic N) is 3. The van der Waals surface area contributed by atoms with Crippen LogP contribution in [-0.4, -0.2) is 76.3 Å². The molecule has 7 nitrogen and oxygen atoms in total. The van der Waals surface area contributed by atoms with Crippen molar-refractivity contribution in [2.45, 2.75) is 26.2 Å². The van der Waals surface area contributed by atoms with Gasteiger partial charge in [-0.1, -0.05) is 0 Å². The fourth-order valence-corrected chi connectivity index (χ4v) is 3.21. The van der Waals surface area contributed by atoms with Crippen molar-refractivity contribution >= 4 is 41.5 Å². The molecule has 170 valence electrons. The van der Waals surface area contributed by atoms with Crippen LogP contribution in [0.2, 0.25) is 0 Å². The highest BCUT2D eigenvalue weighted by Gasteiger charge is 2.21. The molecule has 0 spiro atoms. The highest BCUT2D eigenvalue weighted by molar-refractivity contribution is 14.0. The summed E-state index contributed by atoms with van der Waals surface area (Å²) in [7, 11) is 1.73. The van der Waals surface area contributed by atoms with Crippen LogP contribution >= 0.6 is 24.0 Å². The summed E-state index contributed by atoms with van der Waals surface area (Å²) in [6, 6.07) is 6.51. The van der Waals surface area contributed by atoms with Crippen LogP contribution in [0.15, 0.2) is 29.3 Å². The third kappa shape index (κ3) is 9.46. The van der Waals surface area contributed by atoms with Crippen LogP contribution in [0.3, 0.4) is 0 Å². The molecule has 0 aliphatic carbocycles. The Balaban J connectivity index is 0.00000450. The molecule has 0 unspecified atom stereocenters. The number of carbonyl (C=O) groups is 1. The lowest BCUT2D eigenvalue weighted by Gasteiger charge is -2.36. The number of aliphatic imine (C=N–C) groups is 1. The van der Waals surface area contributed by atoms with Crippen LogP contribution in [0.4, 0.5) is 10.1 Å². The van der Waals surface area contributed by atoms with Crippen molar-refractivity contribution in [3.8, 4) is 0 Å². The number of piperazine rings is 1. The van der Waals surface area contributed by atoms with Gasteiger partial charge < -0.3 is 25.2 Å². The standard InChI is InChI=1S/C21H34FN5O2.HI/c1-3-29-17-5-4-11-24-21(23-2)25-12-10-20(28)27-15-13-26(14-16-27)19-8-6-18(22)7-9-19;/h6-9H,3-5,10-17H2,1-2H3,(H2,23,24,25);1H. The van der Waals surface area contributed by atoms with E-state index >= 15 is 0 Å². The molecule has 1 aliphatic rings. The summed E-state index contributed by atoms with van der Waals surface area (Å²) in [6.45, 7) is 7.80. The Morgan fingerprint density at radius 1 is 1.10 bits per heavy atom. The molecular formula is C21H35FIN5O2. The normalized spacial score (nSPS) is 14.3. The van der Waals surface area contributed by atoms with Crippen LogP contribution in [0.5, 0.6) is 0 Å². The molecule has 1 aromatic rings. The predicted molar refractivity (Wildman–Crippen MR) is 130 cm³/mol. The highest BCUT2D eigenvalue weighted by atomic mass is 127. The smallest absolute Gasteiger partial charge is 0.224 e. The predicted octanol–water partition coefficient (Wildman–Crippen LogP) is 2.46. The number of hydrogen-bond donors (Lipinski definition) is 2. The molecular weight excluding hydrogens is 500 g/mol. The first-order chi connectivity index (χ1) is 14.1. The van der Waals surface area contributed by atoms with Crippen molar-refractivity contribution in [2.75, 3.05) is 64.4 Å². The zero-order chi connectivity index (χ0) is 20.9. The van der Waals surface area contributed by atoms with E-state index in [1.807, 2.05) is 11.8 Å². The van der Waals surface area contributed by atoms with E-state index in [1.54, 1.807) is 19.2 Å². The van der Waals surface area contributed by atoms with Crippen LogP contribution < -0.4 is 15.5 Å². The van der Waals surface area contributed by atoms with Crippen LogP contribution in [-0.2, 0) is 9.53 Å². The first-order valence-corrected chi connectivity index (χ1v) is 10.4. The van der Waals surface area contributed by atoms with E-state index in [9.17, 15) is 9.18 Å². The third-order valence-corrected chi connectivity index (χ3v) is 4.89. The van der Waals surface area contributed by atoms with E-state index < -0.39 is 0 Å². The lowest BCUT2D eigenvalue weighted by atomic mass is 10.2. The fraction of sp³-hybridized carbons (Fsp3) is 0.619. The number of anilines is 1. The Labute approximate surface area is 196 Å². The van der Waals surface area contributed by atoms with Crippen LogP contribution in [0.1, 0.15) is 26.2 Å². The third-order valence-electron chi connectivity index (χ3n) is 4.89. The molecule has 9 heteroatoms. The molecule has 2 N–H and O–H groups in total. The molecule has 0 bridgehead atoms. The van der Waals surface area contributed by atoms with Crippen molar-refractivity contribution in [3.63, 3.8) is 0 Å². The van der Waals surface area contributed by atoms with Crippen LogP contribution in [0.25, 0.3) is 0 Å². The molecule has 0 aromatic heterocycles. The van der Waals surface area contributed by atoms with Crippen molar-refractivity contribution in [2.24, 2.45) is 4.99 Å². The summed E-state index contributed by atoms with van der Waals surface area (Å²) < 4.78 is 18.4. The minimum Gasteiger partial charge on any atom is -0.382 e. The molecule has 1 saturated heterocycles.